The lowest BCUT2D eigenvalue weighted by atomic mass is 10.1. The van der Waals surface area contributed by atoms with Gasteiger partial charge >= 0.3 is 0 Å². The molecule has 1 N–H and O–H groups in total. The summed E-state index contributed by atoms with van der Waals surface area (Å²) < 4.78 is 24.4. The Morgan fingerprint density at radius 1 is 1.35 bits per heavy atom. The Morgan fingerprint density at radius 3 is 2.85 bits per heavy atom. The molecule has 0 fully saturated rings. The van der Waals surface area contributed by atoms with Crippen LogP contribution in [0, 0.1) is 0 Å². The zero-order chi connectivity index (χ0) is 14.3. The summed E-state index contributed by atoms with van der Waals surface area (Å²) in [4.78, 5) is 1.64. The van der Waals surface area contributed by atoms with E-state index in [0.717, 1.165) is 17.2 Å². The molecule has 1 aromatic carbocycles. The van der Waals surface area contributed by atoms with Crippen LogP contribution in [-0.2, 0) is 16.3 Å². The van der Waals surface area contributed by atoms with Gasteiger partial charge in [0.05, 0.1) is 21.0 Å². The van der Waals surface area contributed by atoms with Crippen molar-refractivity contribution < 1.29 is 8.42 Å². The van der Waals surface area contributed by atoms with Crippen molar-refractivity contribution in [1.82, 2.24) is 0 Å². The average Bonchev–Trinajstić information content (AvgIpc) is 2.90. The van der Waals surface area contributed by atoms with Crippen molar-refractivity contribution in [3.8, 4) is 0 Å². The van der Waals surface area contributed by atoms with E-state index in [-0.39, 0.29) is 6.04 Å². The quantitative estimate of drug-likeness (QED) is 0.929. The standard InChI is InChI=1S/C14H14ClNO2S2/c1-20(17,18)13-5-3-2-4-11(13)16-10-6-7-12-9(10)8-14(15)19-12/h2-5,8,10,16H,6-7H2,1H3. The lowest BCUT2D eigenvalue weighted by Crippen LogP contribution is -2.10. The lowest BCUT2D eigenvalue weighted by Gasteiger charge is -2.17. The monoisotopic (exact) mass is 327 g/mol. The molecule has 0 radical (unpaired) electrons. The second-order valence-corrected chi connectivity index (χ2v) is 8.69. The smallest absolute Gasteiger partial charge is 0.177 e. The van der Waals surface area contributed by atoms with E-state index in [4.69, 9.17) is 11.6 Å². The molecule has 1 aliphatic carbocycles. The van der Waals surface area contributed by atoms with Crippen LogP contribution in [0.1, 0.15) is 22.9 Å². The first-order chi connectivity index (χ1) is 9.45. The molecule has 20 heavy (non-hydrogen) atoms. The van der Waals surface area contributed by atoms with E-state index < -0.39 is 9.84 Å². The summed E-state index contributed by atoms with van der Waals surface area (Å²) in [7, 11) is -3.23. The third-order valence-electron chi connectivity index (χ3n) is 3.46. The van der Waals surface area contributed by atoms with Crippen molar-refractivity contribution in [1.29, 1.82) is 0 Å². The third-order valence-corrected chi connectivity index (χ3v) is 5.96. The van der Waals surface area contributed by atoms with Crippen LogP contribution in [0.3, 0.4) is 0 Å². The highest BCUT2D eigenvalue weighted by atomic mass is 35.5. The second kappa shape index (κ2) is 5.06. The number of anilines is 1. The highest BCUT2D eigenvalue weighted by Gasteiger charge is 2.26. The van der Waals surface area contributed by atoms with Crippen molar-refractivity contribution in [2.24, 2.45) is 0 Å². The highest BCUT2D eigenvalue weighted by molar-refractivity contribution is 7.90. The molecule has 2 aromatic rings. The van der Waals surface area contributed by atoms with Gasteiger partial charge in [0, 0.05) is 11.1 Å². The van der Waals surface area contributed by atoms with E-state index in [2.05, 4.69) is 5.32 Å². The Balaban J connectivity index is 1.94. The number of hydrogen-bond acceptors (Lipinski definition) is 4. The summed E-state index contributed by atoms with van der Waals surface area (Å²) in [5.74, 6) is 0. The largest absolute Gasteiger partial charge is 0.377 e. The predicted molar refractivity (Wildman–Crippen MR) is 83.6 cm³/mol. The van der Waals surface area contributed by atoms with Crippen molar-refractivity contribution in [3.05, 3.63) is 45.1 Å². The fraction of sp³-hybridized carbons (Fsp3) is 0.286. The maximum Gasteiger partial charge on any atom is 0.177 e. The van der Waals surface area contributed by atoms with Gasteiger partial charge < -0.3 is 5.32 Å². The third kappa shape index (κ3) is 2.57. The summed E-state index contributed by atoms with van der Waals surface area (Å²) in [6.07, 6.45) is 3.19. The van der Waals surface area contributed by atoms with Gasteiger partial charge in [-0.3, -0.25) is 0 Å². The van der Waals surface area contributed by atoms with Crippen LogP contribution in [0.4, 0.5) is 5.69 Å². The summed E-state index contributed by atoms with van der Waals surface area (Å²) in [5, 5.41) is 3.35. The van der Waals surface area contributed by atoms with Crippen LogP contribution < -0.4 is 5.32 Å². The normalized spacial score (nSPS) is 18.0. The van der Waals surface area contributed by atoms with Gasteiger partial charge in [-0.2, -0.15) is 0 Å². The molecule has 1 heterocycles. The number of nitrogens with one attached hydrogen (secondary N) is 1. The zero-order valence-corrected chi connectivity index (χ0v) is 13.3. The van der Waals surface area contributed by atoms with Gasteiger partial charge in [-0.1, -0.05) is 23.7 Å². The van der Waals surface area contributed by atoms with Crippen molar-refractivity contribution in [2.45, 2.75) is 23.8 Å². The Labute approximate surface area is 127 Å². The molecule has 0 aliphatic heterocycles. The Bertz CT molecular complexity index is 752. The van der Waals surface area contributed by atoms with Gasteiger partial charge in [-0.25, -0.2) is 8.42 Å². The minimum atomic E-state index is -3.23. The summed E-state index contributed by atoms with van der Waals surface area (Å²) >= 11 is 7.65. The molecule has 6 heteroatoms. The van der Waals surface area contributed by atoms with E-state index >= 15 is 0 Å². The Morgan fingerprint density at radius 2 is 2.10 bits per heavy atom. The maximum atomic E-state index is 11.8. The molecule has 0 spiro atoms. The van der Waals surface area contributed by atoms with Crippen molar-refractivity contribution in [3.63, 3.8) is 0 Å². The maximum absolute atomic E-state index is 11.8. The number of halogens is 1. The molecule has 0 amide bonds. The average molecular weight is 328 g/mol. The first kappa shape index (κ1) is 13.9. The second-order valence-electron chi connectivity index (χ2n) is 4.93. The Hall–Kier alpha value is -1.04. The number of thiophene rings is 1. The number of sulfone groups is 1. The highest BCUT2D eigenvalue weighted by Crippen LogP contribution is 2.41. The van der Waals surface area contributed by atoms with Gasteiger partial charge in [0.1, 0.15) is 0 Å². The van der Waals surface area contributed by atoms with Crippen LogP contribution in [-0.4, -0.2) is 14.7 Å². The van der Waals surface area contributed by atoms with Crippen LogP contribution >= 0.6 is 22.9 Å². The number of rotatable bonds is 3. The molecule has 1 aliphatic rings. The van der Waals surface area contributed by atoms with Crippen LogP contribution in [0.5, 0.6) is 0 Å². The fourth-order valence-corrected chi connectivity index (χ4v) is 4.79. The fourth-order valence-electron chi connectivity index (χ4n) is 2.58. The molecule has 0 saturated heterocycles. The van der Waals surface area contributed by atoms with Crippen molar-refractivity contribution in [2.75, 3.05) is 11.6 Å². The van der Waals surface area contributed by atoms with E-state index in [1.807, 2.05) is 18.2 Å². The van der Waals surface area contributed by atoms with Crippen molar-refractivity contribution >= 4 is 38.5 Å². The van der Waals surface area contributed by atoms with E-state index in [1.165, 1.54) is 16.7 Å². The van der Waals surface area contributed by atoms with Gasteiger partial charge in [0.25, 0.3) is 0 Å². The number of aryl methyl sites for hydroxylation is 1. The predicted octanol–water partition coefficient (Wildman–Crippen LogP) is 3.90. The van der Waals surface area contributed by atoms with Gasteiger partial charge in [-0.15, -0.1) is 11.3 Å². The van der Waals surface area contributed by atoms with Gasteiger partial charge in [0.15, 0.2) is 9.84 Å². The number of fused-ring (bicyclic) bond motifs is 1. The van der Waals surface area contributed by atoms with Crippen LogP contribution in [0.25, 0.3) is 0 Å². The van der Waals surface area contributed by atoms with Gasteiger partial charge in [0.2, 0.25) is 0 Å². The SMILES string of the molecule is CS(=O)(=O)c1ccccc1NC1CCc2sc(Cl)cc21. The summed E-state index contributed by atoms with van der Waals surface area (Å²) in [6.45, 7) is 0. The molecule has 3 nitrogen and oxygen atoms in total. The molecule has 0 bridgehead atoms. The molecule has 0 saturated carbocycles. The molecule has 106 valence electrons. The minimum Gasteiger partial charge on any atom is -0.377 e. The molecular weight excluding hydrogens is 314 g/mol. The summed E-state index contributed by atoms with van der Waals surface area (Å²) in [5.41, 5.74) is 1.86. The number of benzene rings is 1. The topological polar surface area (TPSA) is 46.2 Å². The van der Waals surface area contributed by atoms with Gasteiger partial charge in [-0.05, 0) is 36.6 Å². The lowest BCUT2D eigenvalue weighted by molar-refractivity contribution is 0.602. The number of hydrogen-bond donors (Lipinski definition) is 1. The Kier molecular flexibility index (Phi) is 3.52. The molecule has 3 rings (SSSR count). The first-order valence-electron chi connectivity index (χ1n) is 6.29. The summed E-state index contributed by atoms with van der Waals surface area (Å²) in [6, 6.07) is 9.14. The first-order valence-corrected chi connectivity index (χ1v) is 9.37. The zero-order valence-electron chi connectivity index (χ0n) is 10.9. The molecular formula is C14H14ClNO2S2. The van der Waals surface area contributed by atoms with E-state index in [1.54, 1.807) is 23.5 Å². The molecule has 1 unspecified atom stereocenters. The van der Waals surface area contributed by atoms with Crippen LogP contribution in [0.2, 0.25) is 4.34 Å². The van der Waals surface area contributed by atoms with E-state index in [0.29, 0.717) is 10.6 Å². The van der Waals surface area contributed by atoms with Crippen LogP contribution in [0.15, 0.2) is 35.2 Å². The minimum absolute atomic E-state index is 0.136. The van der Waals surface area contributed by atoms with E-state index in [9.17, 15) is 8.42 Å². The number of para-hydroxylation sites is 1. The molecule has 1 aromatic heterocycles. The molecule has 1 atom stereocenters.